The Hall–Kier alpha value is -3.22. The molecule has 2 aromatic rings. The van der Waals surface area contributed by atoms with E-state index in [4.69, 9.17) is 0 Å². The van der Waals surface area contributed by atoms with E-state index in [-0.39, 0.29) is 35.5 Å². The Balaban J connectivity index is 1.10. The first kappa shape index (κ1) is 26.7. The average molecular weight is 553 g/mol. The van der Waals surface area contributed by atoms with Gasteiger partial charge in [-0.3, -0.25) is 14.5 Å². The van der Waals surface area contributed by atoms with Gasteiger partial charge in [0.25, 0.3) is 5.91 Å². The van der Waals surface area contributed by atoms with Crippen LogP contribution in [0.4, 0.5) is 0 Å². The third-order valence-corrected chi connectivity index (χ3v) is 10.6. The number of nitrogens with zero attached hydrogens (tertiary/aromatic N) is 1. The molecule has 3 N–H and O–H groups in total. The Morgan fingerprint density at radius 1 is 1.07 bits per heavy atom. The molecule has 3 fully saturated rings. The van der Waals surface area contributed by atoms with Crippen molar-refractivity contribution in [2.24, 2.45) is 5.92 Å². The number of aromatic hydroxyl groups is 1. The van der Waals surface area contributed by atoms with E-state index in [0.717, 1.165) is 30.6 Å². The number of rotatable bonds is 7. The summed E-state index contributed by atoms with van der Waals surface area (Å²) in [5.41, 5.74) is 2.35. The maximum atomic E-state index is 13.3. The molecule has 1 saturated heterocycles. The number of carbonyl (C=O) groups excluding carboxylic acids is 2. The van der Waals surface area contributed by atoms with Gasteiger partial charge in [-0.2, -0.15) is 0 Å². The van der Waals surface area contributed by atoms with E-state index < -0.39 is 11.0 Å². The van der Waals surface area contributed by atoms with Crippen LogP contribution in [0, 0.1) is 5.92 Å². The van der Waals surface area contributed by atoms with Gasteiger partial charge in [0.1, 0.15) is 11.5 Å². The molecule has 5 aliphatic rings. The van der Waals surface area contributed by atoms with Crippen molar-refractivity contribution < 1.29 is 19.8 Å². The summed E-state index contributed by atoms with van der Waals surface area (Å²) in [5.74, 6) is 0.880. The lowest BCUT2D eigenvalue weighted by Gasteiger charge is -2.63. The highest BCUT2D eigenvalue weighted by Crippen LogP contribution is 2.60. The molecule has 6 nitrogen and oxygen atoms in total. The molecule has 2 aromatic carbocycles. The average Bonchev–Trinajstić information content (AvgIpc) is 3.80. The molecule has 2 saturated carbocycles. The Labute approximate surface area is 242 Å². The number of aliphatic hydroxyl groups is 1. The zero-order chi connectivity index (χ0) is 28.2. The molecule has 2 bridgehead atoms. The fourth-order valence-corrected chi connectivity index (χ4v) is 8.21. The summed E-state index contributed by atoms with van der Waals surface area (Å²) in [5, 5.41) is 27.0. The van der Waals surface area contributed by atoms with Crippen molar-refractivity contribution in [3.8, 4) is 5.75 Å². The number of likely N-dealkylation sites (tertiary alicyclic amines) is 1. The minimum Gasteiger partial charge on any atom is -0.507 e. The summed E-state index contributed by atoms with van der Waals surface area (Å²) in [6.45, 7) is 2.25. The van der Waals surface area contributed by atoms with Crippen molar-refractivity contribution in [1.82, 2.24) is 10.2 Å². The monoisotopic (exact) mass is 552 g/mol. The number of ketones is 1. The molecule has 0 aromatic heterocycles. The minimum absolute atomic E-state index is 0.0545. The molecule has 1 amide bonds. The number of fused-ring (bicyclic) bond motifs is 1. The van der Waals surface area contributed by atoms with Gasteiger partial charge in [0.15, 0.2) is 0 Å². The molecule has 1 aliphatic heterocycles. The van der Waals surface area contributed by atoms with Crippen LogP contribution in [0.1, 0.15) is 83.5 Å². The van der Waals surface area contributed by atoms with Crippen LogP contribution >= 0.6 is 0 Å². The van der Waals surface area contributed by atoms with Crippen LogP contribution in [0.3, 0.4) is 0 Å². The molecule has 4 aliphatic carbocycles. The van der Waals surface area contributed by atoms with Crippen LogP contribution < -0.4 is 5.32 Å². The molecule has 214 valence electrons. The van der Waals surface area contributed by atoms with Gasteiger partial charge in [0, 0.05) is 48.9 Å². The van der Waals surface area contributed by atoms with Gasteiger partial charge in [0.05, 0.1) is 11.2 Å². The number of hydrogen-bond acceptors (Lipinski definition) is 5. The van der Waals surface area contributed by atoms with Crippen LogP contribution in [0.5, 0.6) is 5.75 Å². The smallest absolute Gasteiger partial charge is 0.255 e. The van der Waals surface area contributed by atoms with Crippen LogP contribution in [0.15, 0.2) is 60.7 Å². The second kappa shape index (κ2) is 10.2. The third kappa shape index (κ3) is 4.56. The van der Waals surface area contributed by atoms with Gasteiger partial charge in [-0.15, -0.1) is 0 Å². The number of benzene rings is 2. The van der Waals surface area contributed by atoms with Crippen molar-refractivity contribution in [3.63, 3.8) is 0 Å². The predicted octanol–water partition coefficient (Wildman–Crippen LogP) is 4.73. The van der Waals surface area contributed by atoms with Gasteiger partial charge < -0.3 is 15.5 Å². The number of allylic oxidation sites excluding steroid dienone is 4. The highest BCUT2D eigenvalue weighted by atomic mass is 16.3. The van der Waals surface area contributed by atoms with E-state index in [2.05, 4.69) is 58.8 Å². The fourth-order valence-electron chi connectivity index (χ4n) is 8.21. The summed E-state index contributed by atoms with van der Waals surface area (Å²) < 4.78 is 0. The molecule has 7 rings (SSSR count). The maximum Gasteiger partial charge on any atom is 0.255 e. The normalized spacial score (nSPS) is 30.5. The van der Waals surface area contributed by atoms with Crippen molar-refractivity contribution in [2.45, 2.75) is 80.8 Å². The molecule has 0 spiro atoms. The summed E-state index contributed by atoms with van der Waals surface area (Å²) in [6.07, 6.45) is 15.1. The summed E-state index contributed by atoms with van der Waals surface area (Å²) in [4.78, 5) is 28.6. The first-order valence-electron chi connectivity index (χ1n) is 15.4. The molecule has 41 heavy (non-hydrogen) atoms. The van der Waals surface area contributed by atoms with E-state index in [1.54, 1.807) is 6.07 Å². The van der Waals surface area contributed by atoms with Gasteiger partial charge in [-0.05, 0) is 80.2 Å². The number of Topliss-reactive ketones (excluding diaryl/α,β-unsaturated/α-hetero) is 1. The van der Waals surface area contributed by atoms with E-state index in [1.165, 1.54) is 18.4 Å². The first-order chi connectivity index (χ1) is 19.9. The molecular weight excluding hydrogens is 512 g/mol. The lowest BCUT2D eigenvalue weighted by Crippen LogP contribution is -2.73. The number of phenolic OH excluding ortho intramolecular Hbond substituents is 1. The van der Waals surface area contributed by atoms with E-state index in [9.17, 15) is 19.8 Å². The number of phenols is 1. The summed E-state index contributed by atoms with van der Waals surface area (Å²) >= 11 is 0. The number of carbonyl (C=O) groups is 2. The SMILES string of the molecule is O=C1CC[C@@]2(O)[C@H]3Cc4ccc(C(=O)NCCc5ccc(C6C=CC=CC6)cc5)c(O)c4[C@@]2(CCN3CC2CC2)C1. The van der Waals surface area contributed by atoms with Crippen molar-refractivity contribution in [3.05, 3.63) is 88.5 Å². The van der Waals surface area contributed by atoms with E-state index in [1.807, 2.05) is 6.07 Å². The van der Waals surface area contributed by atoms with Gasteiger partial charge in [-0.25, -0.2) is 0 Å². The molecule has 1 heterocycles. The van der Waals surface area contributed by atoms with Crippen LogP contribution in [-0.2, 0) is 23.1 Å². The highest BCUT2D eigenvalue weighted by molar-refractivity contribution is 5.98. The fraction of sp³-hybridized carbons (Fsp3) is 0.486. The molecule has 1 unspecified atom stereocenters. The van der Waals surface area contributed by atoms with Crippen molar-refractivity contribution in [1.29, 1.82) is 0 Å². The lowest BCUT2D eigenvalue weighted by atomic mass is 9.49. The second-order valence-corrected chi connectivity index (χ2v) is 13.0. The second-order valence-electron chi connectivity index (χ2n) is 13.0. The minimum atomic E-state index is -1.08. The number of hydrogen-bond donors (Lipinski definition) is 3. The quantitative estimate of drug-likeness (QED) is 0.462. The van der Waals surface area contributed by atoms with Gasteiger partial charge in [0.2, 0.25) is 0 Å². The van der Waals surface area contributed by atoms with Crippen molar-refractivity contribution in [2.75, 3.05) is 19.6 Å². The highest BCUT2D eigenvalue weighted by Gasteiger charge is 2.65. The molecule has 4 atom stereocenters. The lowest BCUT2D eigenvalue weighted by molar-refractivity contribution is -0.173. The van der Waals surface area contributed by atoms with Gasteiger partial charge in [-0.1, -0.05) is 54.6 Å². The zero-order valence-corrected chi connectivity index (χ0v) is 23.6. The topological polar surface area (TPSA) is 89.9 Å². The number of piperidine rings is 1. The Kier molecular flexibility index (Phi) is 6.67. The standard InChI is InChI=1S/C35H40N2O4/c38-28-14-16-35(41)30-20-27-12-13-29(32(39)31(27)34(35,21-28)17-19-37(30)22-24-6-7-24)33(40)36-18-15-23-8-10-26(11-9-23)25-4-2-1-3-5-25/h1-4,8-13,24-25,30,39,41H,5-7,14-22H2,(H,36,40)/t25?,30-,34-,35-/m1/s1. The molecule has 6 heteroatoms. The number of nitrogens with one attached hydrogen (secondary N) is 1. The first-order valence-corrected chi connectivity index (χ1v) is 15.4. The summed E-state index contributed by atoms with van der Waals surface area (Å²) in [6, 6.07) is 12.2. The maximum absolute atomic E-state index is 13.3. The Morgan fingerprint density at radius 2 is 1.90 bits per heavy atom. The number of amides is 1. The van der Waals surface area contributed by atoms with Crippen LogP contribution in [-0.4, -0.2) is 58.1 Å². The largest absolute Gasteiger partial charge is 0.507 e. The van der Waals surface area contributed by atoms with Crippen molar-refractivity contribution >= 4 is 11.7 Å². The summed E-state index contributed by atoms with van der Waals surface area (Å²) in [7, 11) is 0. The third-order valence-electron chi connectivity index (χ3n) is 10.6. The van der Waals surface area contributed by atoms with E-state index >= 15 is 0 Å². The van der Waals surface area contributed by atoms with Crippen LogP contribution in [0.2, 0.25) is 0 Å². The Bertz CT molecular complexity index is 1420. The zero-order valence-electron chi connectivity index (χ0n) is 23.6. The molecular formula is C35H40N2O4. The van der Waals surface area contributed by atoms with Crippen LogP contribution in [0.25, 0.3) is 0 Å². The predicted molar refractivity (Wildman–Crippen MR) is 158 cm³/mol. The Morgan fingerprint density at radius 3 is 2.66 bits per heavy atom. The van der Waals surface area contributed by atoms with E-state index in [0.29, 0.717) is 56.0 Å². The van der Waals surface area contributed by atoms with Gasteiger partial charge >= 0.3 is 0 Å². The molecule has 0 radical (unpaired) electrons.